The van der Waals surface area contributed by atoms with Crippen molar-refractivity contribution in [2.45, 2.75) is 0 Å². The zero-order valence-corrected chi connectivity index (χ0v) is 14.0. The standard InChI is InChI=1S/C18H11ClO6/c1-24-17(22)13-6-11-12(7-14(13)18(23)25-2)16(21)10-5-8(19)3-4-9(10)15(11)20/h3-7H,1-2H3. The number of hydrogen-bond acceptors (Lipinski definition) is 6. The van der Waals surface area contributed by atoms with Gasteiger partial charge in [0.2, 0.25) is 0 Å². The molecule has 0 amide bonds. The van der Waals surface area contributed by atoms with Crippen LogP contribution in [0.5, 0.6) is 0 Å². The van der Waals surface area contributed by atoms with Gasteiger partial charge >= 0.3 is 11.9 Å². The first kappa shape index (κ1) is 16.9. The number of rotatable bonds is 2. The first-order chi connectivity index (χ1) is 11.9. The van der Waals surface area contributed by atoms with E-state index < -0.39 is 23.5 Å². The van der Waals surface area contributed by atoms with Gasteiger partial charge in [0.1, 0.15) is 0 Å². The Balaban J connectivity index is 2.29. The number of methoxy groups -OCH3 is 2. The van der Waals surface area contributed by atoms with Gasteiger partial charge in [0.15, 0.2) is 11.6 Å². The molecule has 126 valence electrons. The number of carbonyl (C=O) groups is 4. The number of benzene rings is 2. The van der Waals surface area contributed by atoms with E-state index in [0.717, 1.165) is 14.2 Å². The van der Waals surface area contributed by atoms with Crippen molar-refractivity contribution in [1.82, 2.24) is 0 Å². The van der Waals surface area contributed by atoms with Crippen LogP contribution in [0, 0.1) is 0 Å². The van der Waals surface area contributed by atoms with Crippen LogP contribution < -0.4 is 0 Å². The summed E-state index contributed by atoms with van der Waals surface area (Å²) in [5.74, 6) is -2.54. The molecule has 0 aromatic heterocycles. The highest BCUT2D eigenvalue weighted by molar-refractivity contribution is 6.33. The van der Waals surface area contributed by atoms with Gasteiger partial charge < -0.3 is 9.47 Å². The SMILES string of the molecule is COC(=O)c1cc2c(cc1C(=O)OC)C(=O)c1cc(Cl)ccc1C2=O. The molecule has 0 heterocycles. The molecule has 0 N–H and O–H groups in total. The van der Waals surface area contributed by atoms with Crippen LogP contribution in [0.2, 0.25) is 5.02 Å². The van der Waals surface area contributed by atoms with Crippen molar-refractivity contribution in [3.8, 4) is 0 Å². The molecule has 3 rings (SSSR count). The summed E-state index contributed by atoms with van der Waals surface area (Å²) in [4.78, 5) is 49.4. The number of fused-ring (bicyclic) bond motifs is 2. The Labute approximate surface area is 147 Å². The lowest BCUT2D eigenvalue weighted by atomic mass is 9.82. The van der Waals surface area contributed by atoms with Gasteiger partial charge in [-0.2, -0.15) is 0 Å². The number of carbonyl (C=O) groups excluding carboxylic acids is 4. The lowest BCUT2D eigenvalue weighted by Gasteiger charge is -2.19. The molecular formula is C18H11ClO6. The molecule has 0 spiro atoms. The summed E-state index contributed by atoms with van der Waals surface area (Å²) in [6.45, 7) is 0. The van der Waals surface area contributed by atoms with Crippen LogP contribution in [-0.4, -0.2) is 37.7 Å². The van der Waals surface area contributed by atoms with Crippen LogP contribution >= 0.6 is 11.6 Å². The highest BCUT2D eigenvalue weighted by Crippen LogP contribution is 2.31. The fraction of sp³-hybridized carbons (Fsp3) is 0.111. The average molecular weight is 359 g/mol. The molecule has 6 nitrogen and oxygen atoms in total. The van der Waals surface area contributed by atoms with Crippen molar-refractivity contribution >= 4 is 35.1 Å². The van der Waals surface area contributed by atoms with Crippen LogP contribution in [0.1, 0.15) is 52.6 Å². The Morgan fingerprint density at radius 3 is 1.68 bits per heavy atom. The number of ketones is 2. The lowest BCUT2D eigenvalue weighted by Crippen LogP contribution is -2.24. The van der Waals surface area contributed by atoms with E-state index in [1.807, 2.05) is 0 Å². The molecule has 25 heavy (non-hydrogen) atoms. The van der Waals surface area contributed by atoms with E-state index in [1.54, 1.807) is 0 Å². The molecule has 0 bridgehead atoms. The summed E-state index contributed by atoms with van der Waals surface area (Å²) >= 11 is 5.91. The summed E-state index contributed by atoms with van der Waals surface area (Å²) in [5.41, 5.74) is 0.0576. The maximum Gasteiger partial charge on any atom is 0.338 e. The molecule has 2 aromatic rings. The molecule has 0 aliphatic heterocycles. The Bertz CT molecular complexity index is 960. The normalized spacial score (nSPS) is 12.3. The first-order valence-corrected chi connectivity index (χ1v) is 7.50. The second kappa shape index (κ2) is 6.14. The van der Waals surface area contributed by atoms with Gasteiger partial charge in [-0.1, -0.05) is 11.6 Å². The van der Waals surface area contributed by atoms with Gasteiger partial charge in [-0.05, 0) is 30.3 Å². The average Bonchev–Trinajstić information content (AvgIpc) is 2.63. The Kier molecular flexibility index (Phi) is 4.14. The highest BCUT2D eigenvalue weighted by Gasteiger charge is 2.33. The smallest absolute Gasteiger partial charge is 0.338 e. The molecule has 0 atom stereocenters. The fourth-order valence-electron chi connectivity index (χ4n) is 2.73. The third-order valence-corrected chi connectivity index (χ3v) is 4.16. The van der Waals surface area contributed by atoms with Crippen molar-refractivity contribution in [2.75, 3.05) is 14.2 Å². The monoisotopic (exact) mass is 358 g/mol. The van der Waals surface area contributed by atoms with E-state index in [9.17, 15) is 19.2 Å². The van der Waals surface area contributed by atoms with Crippen LogP contribution in [0.25, 0.3) is 0 Å². The predicted octanol–water partition coefficient (Wildman–Crippen LogP) is 2.69. The molecule has 1 aliphatic carbocycles. The minimum Gasteiger partial charge on any atom is -0.465 e. The maximum absolute atomic E-state index is 12.7. The largest absolute Gasteiger partial charge is 0.465 e. The molecule has 0 fully saturated rings. The molecule has 7 heteroatoms. The molecule has 0 radical (unpaired) electrons. The van der Waals surface area contributed by atoms with E-state index in [-0.39, 0.29) is 33.4 Å². The summed E-state index contributed by atoms with van der Waals surface area (Å²) < 4.78 is 9.30. The van der Waals surface area contributed by atoms with E-state index >= 15 is 0 Å². The van der Waals surface area contributed by atoms with Crippen molar-refractivity contribution < 1.29 is 28.7 Å². The van der Waals surface area contributed by atoms with Crippen molar-refractivity contribution in [2.24, 2.45) is 0 Å². The van der Waals surface area contributed by atoms with Crippen molar-refractivity contribution in [1.29, 1.82) is 0 Å². The molecule has 0 saturated carbocycles. The highest BCUT2D eigenvalue weighted by atomic mass is 35.5. The molecule has 0 unspecified atom stereocenters. The minimum absolute atomic E-state index is 0.00724. The third-order valence-electron chi connectivity index (χ3n) is 3.93. The van der Waals surface area contributed by atoms with Gasteiger partial charge in [-0.3, -0.25) is 9.59 Å². The molecule has 2 aromatic carbocycles. The second-order valence-corrected chi connectivity index (χ2v) is 5.71. The minimum atomic E-state index is -0.819. The van der Waals surface area contributed by atoms with Gasteiger partial charge in [0.25, 0.3) is 0 Å². The number of halogens is 1. The molecular weight excluding hydrogens is 348 g/mol. The topological polar surface area (TPSA) is 86.7 Å². The second-order valence-electron chi connectivity index (χ2n) is 5.27. The Morgan fingerprint density at radius 2 is 1.20 bits per heavy atom. The van der Waals surface area contributed by atoms with Crippen LogP contribution in [0.4, 0.5) is 0 Å². The van der Waals surface area contributed by atoms with Gasteiger partial charge in [-0.25, -0.2) is 9.59 Å². The quantitative estimate of drug-likeness (QED) is 0.654. The van der Waals surface area contributed by atoms with Gasteiger partial charge in [0, 0.05) is 27.3 Å². The summed E-state index contributed by atoms with van der Waals surface area (Å²) in [7, 11) is 2.29. The summed E-state index contributed by atoms with van der Waals surface area (Å²) in [5, 5.41) is 0.308. The van der Waals surface area contributed by atoms with Crippen molar-refractivity contribution in [3.05, 3.63) is 68.7 Å². The summed E-state index contributed by atoms with van der Waals surface area (Å²) in [6.07, 6.45) is 0. The lowest BCUT2D eigenvalue weighted by molar-refractivity contribution is 0.0555. The molecule has 1 aliphatic rings. The Hall–Kier alpha value is -2.99. The van der Waals surface area contributed by atoms with Crippen LogP contribution in [0.15, 0.2) is 30.3 Å². The van der Waals surface area contributed by atoms with Gasteiger partial charge in [0.05, 0.1) is 25.3 Å². The third kappa shape index (κ3) is 2.60. The van der Waals surface area contributed by atoms with E-state index in [1.165, 1.54) is 30.3 Å². The van der Waals surface area contributed by atoms with E-state index in [4.69, 9.17) is 11.6 Å². The first-order valence-electron chi connectivity index (χ1n) is 7.12. The fourth-order valence-corrected chi connectivity index (χ4v) is 2.90. The Morgan fingerprint density at radius 1 is 0.760 bits per heavy atom. The molecule has 0 saturated heterocycles. The van der Waals surface area contributed by atoms with Gasteiger partial charge in [-0.15, -0.1) is 0 Å². The summed E-state index contributed by atoms with van der Waals surface area (Å²) in [6, 6.07) is 6.71. The van der Waals surface area contributed by atoms with Crippen LogP contribution in [0.3, 0.4) is 0 Å². The number of esters is 2. The van der Waals surface area contributed by atoms with Crippen molar-refractivity contribution in [3.63, 3.8) is 0 Å². The van der Waals surface area contributed by atoms with E-state index in [0.29, 0.717) is 5.02 Å². The van der Waals surface area contributed by atoms with E-state index in [2.05, 4.69) is 9.47 Å². The number of ether oxygens (including phenoxy) is 2. The predicted molar refractivity (Wildman–Crippen MR) is 87.4 cm³/mol. The zero-order valence-electron chi connectivity index (χ0n) is 13.2. The maximum atomic E-state index is 12.7. The number of hydrogen-bond donors (Lipinski definition) is 0. The zero-order chi connectivity index (χ0) is 18.3. The van der Waals surface area contributed by atoms with Crippen LogP contribution in [-0.2, 0) is 9.47 Å².